The lowest BCUT2D eigenvalue weighted by Gasteiger charge is -2.27. The molecule has 0 aliphatic carbocycles. The van der Waals surface area contributed by atoms with Crippen LogP contribution in [0.4, 0.5) is 18.9 Å². The van der Waals surface area contributed by atoms with Crippen molar-refractivity contribution in [1.82, 2.24) is 9.97 Å². The molecule has 0 radical (unpaired) electrons. The highest BCUT2D eigenvalue weighted by Crippen LogP contribution is 2.42. The Hall–Kier alpha value is -3.49. The molecule has 1 fully saturated rings. The third-order valence-electron chi connectivity index (χ3n) is 4.77. The first kappa shape index (κ1) is 17.9. The van der Waals surface area contributed by atoms with Crippen LogP contribution in [0.3, 0.4) is 0 Å². The molecule has 3 aromatic rings. The van der Waals surface area contributed by atoms with Crippen LogP contribution in [-0.2, 0) is 14.4 Å². The van der Waals surface area contributed by atoms with Gasteiger partial charge in [0.25, 0.3) is 5.91 Å². The van der Waals surface area contributed by atoms with Crippen molar-refractivity contribution in [3.05, 3.63) is 59.7 Å². The third-order valence-corrected chi connectivity index (χ3v) is 4.77. The first-order valence-corrected chi connectivity index (χ1v) is 8.25. The molecule has 1 saturated heterocycles. The number of imidazole rings is 1. The molecule has 1 N–H and O–H groups in total. The normalized spacial score (nSPS) is 19.6. The molecule has 1 aliphatic heterocycles. The second-order valence-corrected chi connectivity index (χ2v) is 6.47. The summed E-state index contributed by atoms with van der Waals surface area (Å²) in [6, 6.07) is 4.02. The lowest BCUT2D eigenvalue weighted by molar-refractivity contribution is -0.138. The second kappa shape index (κ2) is 6.29. The van der Waals surface area contributed by atoms with Crippen LogP contribution in [0.25, 0.3) is 11.0 Å². The molecule has 6 nitrogen and oxygen atoms in total. The number of Topliss-reactive ketones (excluding diaryl/α,β-unsaturated/α-hetero) is 2. The van der Waals surface area contributed by atoms with Crippen LogP contribution in [0.1, 0.15) is 18.5 Å². The fourth-order valence-electron chi connectivity index (χ4n) is 3.54. The van der Waals surface area contributed by atoms with Crippen LogP contribution in [-0.4, -0.2) is 27.4 Å². The van der Waals surface area contributed by atoms with Gasteiger partial charge in [-0.25, -0.2) is 18.2 Å². The molecule has 9 heteroatoms. The van der Waals surface area contributed by atoms with E-state index >= 15 is 0 Å². The Morgan fingerprint density at radius 3 is 2.61 bits per heavy atom. The third kappa shape index (κ3) is 2.58. The molecule has 2 heterocycles. The molecule has 0 spiro atoms. The van der Waals surface area contributed by atoms with Gasteiger partial charge < -0.3 is 4.98 Å². The zero-order valence-corrected chi connectivity index (χ0v) is 14.4. The van der Waals surface area contributed by atoms with E-state index < -0.39 is 52.4 Å². The highest BCUT2D eigenvalue weighted by molar-refractivity contribution is 6.48. The maximum absolute atomic E-state index is 14.5. The molecule has 28 heavy (non-hydrogen) atoms. The van der Waals surface area contributed by atoms with Gasteiger partial charge in [-0.05, 0) is 31.2 Å². The molecule has 1 amide bonds. The highest BCUT2D eigenvalue weighted by Gasteiger charge is 2.52. The number of nitrogens with one attached hydrogen (secondary N) is 1. The van der Waals surface area contributed by atoms with Crippen LogP contribution in [0.15, 0.2) is 36.7 Å². The number of carbonyl (C=O) groups is 3. The maximum Gasteiger partial charge on any atom is 0.295 e. The number of anilines is 1. The van der Waals surface area contributed by atoms with Crippen LogP contribution in [0.5, 0.6) is 0 Å². The van der Waals surface area contributed by atoms with Crippen LogP contribution in [0.2, 0.25) is 0 Å². The fourth-order valence-corrected chi connectivity index (χ4v) is 3.54. The first-order chi connectivity index (χ1) is 13.3. The molecule has 4 rings (SSSR count). The van der Waals surface area contributed by atoms with Crippen molar-refractivity contribution in [3.63, 3.8) is 0 Å². The van der Waals surface area contributed by atoms with Gasteiger partial charge >= 0.3 is 0 Å². The average Bonchev–Trinajstić information content (AvgIpc) is 3.20. The molecular weight excluding hydrogens is 375 g/mol. The molecule has 1 aliphatic rings. The monoisotopic (exact) mass is 387 g/mol. The number of H-pyrrole nitrogens is 1. The number of rotatable bonds is 3. The number of fused-ring (bicyclic) bond motifs is 1. The summed E-state index contributed by atoms with van der Waals surface area (Å²) in [5.41, 5.74) is 0.674. The van der Waals surface area contributed by atoms with E-state index in [1.165, 1.54) is 18.5 Å². The molecule has 2 atom stereocenters. The van der Waals surface area contributed by atoms with Crippen molar-refractivity contribution < 1.29 is 27.6 Å². The predicted octanol–water partition coefficient (Wildman–Crippen LogP) is 2.84. The Bertz CT molecular complexity index is 1160. The number of ketones is 2. The van der Waals surface area contributed by atoms with E-state index in [1.807, 2.05) is 0 Å². The number of aromatic amines is 1. The Morgan fingerprint density at radius 1 is 1.14 bits per heavy atom. The minimum absolute atomic E-state index is 0.160. The molecule has 2 aromatic carbocycles. The standard InChI is InChI=1S/C19H12F3N3O3/c1-8(26)15-17(11-4-9(20)5-12(21)16(11)22)25(19(28)18(15)27)10-2-3-13-14(6-10)24-7-23-13/h2-7,15,17H,1H3,(H,23,24). The van der Waals surface area contributed by atoms with Crippen molar-refractivity contribution in [1.29, 1.82) is 0 Å². The summed E-state index contributed by atoms with van der Waals surface area (Å²) in [6.07, 6.45) is 1.42. The Labute approximate surface area is 156 Å². The van der Waals surface area contributed by atoms with Crippen LogP contribution < -0.4 is 4.90 Å². The minimum Gasteiger partial charge on any atom is -0.345 e. The van der Waals surface area contributed by atoms with E-state index in [2.05, 4.69) is 9.97 Å². The van der Waals surface area contributed by atoms with Crippen molar-refractivity contribution in [2.24, 2.45) is 5.92 Å². The van der Waals surface area contributed by atoms with Crippen LogP contribution in [0, 0.1) is 23.4 Å². The van der Waals surface area contributed by atoms with E-state index in [-0.39, 0.29) is 5.69 Å². The van der Waals surface area contributed by atoms with E-state index in [9.17, 15) is 27.6 Å². The van der Waals surface area contributed by atoms with Crippen molar-refractivity contribution in [2.45, 2.75) is 13.0 Å². The van der Waals surface area contributed by atoms with Gasteiger partial charge in [0.2, 0.25) is 5.78 Å². The number of carbonyl (C=O) groups excluding carboxylic acids is 3. The highest BCUT2D eigenvalue weighted by atomic mass is 19.2. The second-order valence-electron chi connectivity index (χ2n) is 6.47. The van der Waals surface area contributed by atoms with E-state index in [0.29, 0.717) is 23.2 Å². The maximum atomic E-state index is 14.5. The van der Waals surface area contributed by atoms with Crippen molar-refractivity contribution >= 4 is 34.2 Å². The van der Waals surface area contributed by atoms with Gasteiger partial charge in [-0.2, -0.15) is 0 Å². The Morgan fingerprint density at radius 2 is 1.89 bits per heavy atom. The molecule has 2 unspecified atom stereocenters. The molecule has 0 bridgehead atoms. The number of amides is 1. The van der Waals surface area contributed by atoms with Gasteiger partial charge in [-0.15, -0.1) is 0 Å². The van der Waals surface area contributed by atoms with E-state index in [0.717, 1.165) is 11.8 Å². The Balaban J connectivity index is 1.95. The Kier molecular flexibility index (Phi) is 4.02. The quantitative estimate of drug-likeness (QED) is 0.426. The smallest absolute Gasteiger partial charge is 0.295 e. The summed E-state index contributed by atoms with van der Waals surface area (Å²) in [4.78, 5) is 45.0. The molecule has 142 valence electrons. The summed E-state index contributed by atoms with van der Waals surface area (Å²) in [5.74, 6) is -8.41. The van der Waals surface area contributed by atoms with Gasteiger partial charge in [-0.3, -0.25) is 19.3 Å². The first-order valence-electron chi connectivity index (χ1n) is 8.25. The van der Waals surface area contributed by atoms with Crippen molar-refractivity contribution in [2.75, 3.05) is 4.90 Å². The van der Waals surface area contributed by atoms with Crippen molar-refractivity contribution in [3.8, 4) is 0 Å². The fraction of sp³-hybridized carbons (Fsp3) is 0.158. The average molecular weight is 387 g/mol. The molecule has 0 saturated carbocycles. The van der Waals surface area contributed by atoms with Gasteiger partial charge in [0, 0.05) is 17.3 Å². The molecular formula is C19H12F3N3O3. The summed E-state index contributed by atoms with van der Waals surface area (Å²) in [6.45, 7) is 1.07. The SMILES string of the molecule is CC(=O)C1C(=O)C(=O)N(c2ccc3nc[nH]c3c2)C1c1cc(F)cc(F)c1F. The summed E-state index contributed by atoms with van der Waals surface area (Å²) < 4.78 is 42.1. The molecule has 1 aromatic heterocycles. The number of hydrogen-bond donors (Lipinski definition) is 1. The lowest BCUT2D eigenvalue weighted by Crippen LogP contribution is -2.31. The van der Waals surface area contributed by atoms with Gasteiger partial charge in [0.05, 0.1) is 23.4 Å². The number of aromatic nitrogens is 2. The largest absolute Gasteiger partial charge is 0.345 e. The predicted molar refractivity (Wildman–Crippen MR) is 91.8 cm³/mol. The van der Waals surface area contributed by atoms with Gasteiger partial charge in [-0.1, -0.05) is 0 Å². The van der Waals surface area contributed by atoms with Gasteiger partial charge in [0.1, 0.15) is 17.5 Å². The number of halogens is 3. The van der Waals surface area contributed by atoms with Gasteiger partial charge in [0.15, 0.2) is 11.6 Å². The summed E-state index contributed by atoms with van der Waals surface area (Å²) >= 11 is 0. The number of hydrogen-bond acceptors (Lipinski definition) is 4. The summed E-state index contributed by atoms with van der Waals surface area (Å²) in [7, 11) is 0. The number of nitrogens with zero attached hydrogens (tertiary/aromatic N) is 2. The minimum atomic E-state index is -1.58. The number of benzene rings is 2. The zero-order valence-electron chi connectivity index (χ0n) is 14.4. The topological polar surface area (TPSA) is 83.1 Å². The summed E-state index contributed by atoms with van der Waals surface area (Å²) in [5, 5.41) is 0. The van der Waals surface area contributed by atoms with E-state index in [4.69, 9.17) is 0 Å². The zero-order chi connectivity index (χ0) is 20.2. The van der Waals surface area contributed by atoms with Crippen LogP contribution >= 0.6 is 0 Å². The van der Waals surface area contributed by atoms with E-state index in [1.54, 1.807) is 6.07 Å². The lowest BCUT2D eigenvalue weighted by atomic mass is 9.89.